The molecule has 1 fully saturated rings. The monoisotopic (exact) mass is 174 g/mol. The van der Waals surface area contributed by atoms with Crippen molar-refractivity contribution in [1.29, 1.82) is 0 Å². The van der Waals surface area contributed by atoms with Crippen LogP contribution in [0.2, 0.25) is 0 Å². The van der Waals surface area contributed by atoms with Crippen LogP contribution in [0.25, 0.3) is 0 Å². The first-order valence-corrected chi connectivity index (χ1v) is 3.26. The summed E-state index contributed by atoms with van der Waals surface area (Å²) in [6.45, 7) is 1.34. The Morgan fingerprint density at radius 1 is 1.27 bits per heavy atom. The van der Waals surface area contributed by atoms with Crippen LogP contribution in [0.1, 0.15) is 13.3 Å². The molecule has 11 heavy (non-hydrogen) atoms. The maximum Gasteiger partial charge on any atom is 0.398 e. The van der Waals surface area contributed by atoms with E-state index < -0.39 is 23.9 Å². The van der Waals surface area contributed by atoms with Gasteiger partial charge in [-0.15, -0.1) is 0 Å². The van der Waals surface area contributed by atoms with Crippen molar-refractivity contribution < 1.29 is 22.0 Å². The average molecular weight is 174 g/mol. The standard InChI is InChI=1S/C6H7F5/c1-2-3-4(5(3,7)8)6(9,10)11/h3-4H,2H2,1H3. The van der Waals surface area contributed by atoms with Gasteiger partial charge in [0.1, 0.15) is 5.92 Å². The molecule has 0 radical (unpaired) electrons. The predicted molar refractivity (Wildman–Crippen MR) is 28.3 cm³/mol. The lowest BCUT2D eigenvalue weighted by Gasteiger charge is -2.02. The van der Waals surface area contributed by atoms with E-state index in [4.69, 9.17) is 0 Å². The maximum absolute atomic E-state index is 12.2. The molecule has 0 aromatic heterocycles. The van der Waals surface area contributed by atoms with Gasteiger partial charge < -0.3 is 0 Å². The van der Waals surface area contributed by atoms with Gasteiger partial charge in [-0.1, -0.05) is 6.92 Å². The van der Waals surface area contributed by atoms with Crippen molar-refractivity contribution in [2.24, 2.45) is 11.8 Å². The molecule has 0 N–H and O–H groups in total. The molecule has 66 valence electrons. The Balaban J connectivity index is 2.66. The van der Waals surface area contributed by atoms with E-state index in [0.29, 0.717) is 0 Å². The smallest absolute Gasteiger partial charge is 0.206 e. The highest BCUT2D eigenvalue weighted by molar-refractivity contribution is 5.07. The van der Waals surface area contributed by atoms with Crippen LogP contribution in [0.5, 0.6) is 0 Å². The number of hydrogen-bond acceptors (Lipinski definition) is 0. The van der Waals surface area contributed by atoms with Gasteiger partial charge in [-0.05, 0) is 6.42 Å². The number of halogens is 5. The Bertz CT molecular complexity index is 159. The third kappa shape index (κ3) is 1.20. The molecule has 1 aliphatic rings. The Hall–Kier alpha value is -0.350. The molecule has 5 heteroatoms. The van der Waals surface area contributed by atoms with E-state index in [1.54, 1.807) is 0 Å². The van der Waals surface area contributed by atoms with Gasteiger partial charge >= 0.3 is 6.18 Å². The molecular weight excluding hydrogens is 167 g/mol. The van der Waals surface area contributed by atoms with Gasteiger partial charge in [0, 0.05) is 5.92 Å². The molecule has 0 nitrogen and oxygen atoms in total. The topological polar surface area (TPSA) is 0 Å². The van der Waals surface area contributed by atoms with Gasteiger partial charge in [0.25, 0.3) is 5.92 Å². The van der Waals surface area contributed by atoms with Crippen LogP contribution in [0, 0.1) is 11.8 Å². The molecule has 1 rings (SSSR count). The summed E-state index contributed by atoms with van der Waals surface area (Å²) in [4.78, 5) is 0. The summed E-state index contributed by atoms with van der Waals surface area (Å²) in [7, 11) is 0. The van der Waals surface area contributed by atoms with Gasteiger partial charge in [-0.25, -0.2) is 8.78 Å². The van der Waals surface area contributed by atoms with Crippen LogP contribution >= 0.6 is 0 Å². The van der Waals surface area contributed by atoms with E-state index in [-0.39, 0.29) is 6.42 Å². The van der Waals surface area contributed by atoms with E-state index in [0.717, 1.165) is 0 Å². The molecule has 0 aromatic rings. The fourth-order valence-corrected chi connectivity index (χ4v) is 1.34. The summed E-state index contributed by atoms with van der Waals surface area (Å²) < 4.78 is 59.6. The van der Waals surface area contributed by atoms with Crippen molar-refractivity contribution in [1.82, 2.24) is 0 Å². The molecular formula is C6H7F5. The fraction of sp³-hybridized carbons (Fsp3) is 1.00. The lowest BCUT2D eigenvalue weighted by atomic mass is 10.2. The van der Waals surface area contributed by atoms with Gasteiger partial charge in [-0.3, -0.25) is 0 Å². The highest BCUT2D eigenvalue weighted by Gasteiger charge is 2.77. The predicted octanol–water partition coefficient (Wildman–Crippen LogP) is 2.84. The lowest BCUT2D eigenvalue weighted by molar-refractivity contribution is -0.168. The van der Waals surface area contributed by atoms with E-state index >= 15 is 0 Å². The van der Waals surface area contributed by atoms with E-state index in [9.17, 15) is 22.0 Å². The summed E-state index contributed by atoms with van der Waals surface area (Å²) >= 11 is 0. The first-order chi connectivity index (χ1) is 4.81. The molecule has 0 aliphatic heterocycles. The second-order valence-electron chi connectivity index (χ2n) is 2.71. The molecule has 0 amide bonds. The molecule has 0 saturated heterocycles. The summed E-state index contributed by atoms with van der Waals surface area (Å²) in [5, 5.41) is 0. The van der Waals surface area contributed by atoms with Crippen molar-refractivity contribution in [3.63, 3.8) is 0 Å². The minimum Gasteiger partial charge on any atom is -0.206 e. The Labute approximate surface area is 60.4 Å². The van der Waals surface area contributed by atoms with Crippen LogP contribution in [0.3, 0.4) is 0 Å². The van der Waals surface area contributed by atoms with E-state index in [1.165, 1.54) is 6.92 Å². The molecule has 1 saturated carbocycles. The number of hydrogen-bond donors (Lipinski definition) is 0. The van der Waals surface area contributed by atoms with Crippen LogP contribution < -0.4 is 0 Å². The van der Waals surface area contributed by atoms with Crippen LogP contribution in [0.4, 0.5) is 22.0 Å². The Morgan fingerprint density at radius 2 is 1.73 bits per heavy atom. The van der Waals surface area contributed by atoms with Crippen molar-refractivity contribution in [3.05, 3.63) is 0 Å². The van der Waals surface area contributed by atoms with Crippen LogP contribution in [-0.2, 0) is 0 Å². The summed E-state index contributed by atoms with van der Waals surface area (Å²) in [5.74, 6) is -7.38. The van der Waals surface area contributed by atoms with Crippen molar-refractivity contribution in [2.45, 2.75) is 25.4 Å². The van der Waals surface area contributed by atoms with Gasteiger partial charge in [0.2, 0.25) is 0 Å². The minimum atomic E-state index is -4.73. The highest BCUT2D eigenvalue weighted by Crippen LogP contribution is 2.63. The summed E-state index contributed by atoms with van der Waals surface area (Å²) in [6, 6.07) is 0. The van der Waals surface area contributed by atoms with Crippen LogP contribution in [0.15, 0.2) is 0 Å². The average Bonchev–Trinajstić information content (AvgIpc) is 2.31. The zero-order valence-electron chi connectivity index (χ0n) is 5.75. The second kappa shape index (κ2) is 2.08. The van der Waals surface area contributed by atoms with Crippen molar-refractivity contribution >= 4 is 0 Å². The molecule has 2 atom stereocenters. The summed E-state index contributed by atoms with van der Waals surface area (Å²) in [5.41, 5.74) is 0. The van der Waals surface area contributed by atoms with E-state index in [1.807, 2.05) is 0 Å². The zero-order valence-corrected chi connectivity index (χ0v) is 5.75. The molecule has 0 spiro atoms. The van der Waals surface area contributed by atoms with Gasteiger partial charge in [-0.2, -0.15) is 13.2 Å². The molecule has 0 bridgehead atoms. The van der Waals surface area contributed by atoms with Crippen molar-refractivity contribution in [2.75, 3.05) is 0 Å². The number of alkyl halides is 5. The first-order valence-electron chi connectivity index (χ1n) is 3.26. The molecule has 1 aliphatic carbocycles. The highest BCUT2D eigenvalue weighted by atomic mass is 19.4. The first kappa shape index (κ1) is 8.74. The van der Waals surface area contributed by atoms with E-state index in [2.05, 4.69) is 0 Å². The zero-order chi connectivity index (χ0) is 8.86. The van der Waals surface area contributed by atoms with Crippen LogP contribution in [-0.4, -0.2) is 12.1 Å². The largest absolute Gasteiger partial charge is 0.398 e. The van der Waals surface area contributed by atoms with Crippen molar-refractivity contribution in [3.8, 4) is 0 Å². The quantitative estimate of drug-likeness (QED) is 0.536. The third-order valence-corrected chi connectivity index (χ3v) is 1.99. The minimum absolute atomic E-state index is 0.114. The van der Waals surface area contributed by atoms with Gasteiger partial charge in [0.15, 0.2) is 0 Å². The maximum atomic E-state index is 12.2. The SMILES string of the molecule is CCC1C(C(F)(F)F)C1(F)F. The Kier molecular flexibility index (Phi) is 1.65. The summed E-state index contributed by atoms with van der Waals surface area (Å²) in [6.07, 6.45) is -4.85. The fourth-order valence-electron chi connectivity index (χ4n) is 1.34. The Morgan fingerprint density at radius 3 is 1.82 bits per heavy atom. The molecule has 2 unspecified atom stereocenters. The molecule has 0 aromatic carbocycles. The second-order valence-corrected chi connectivity index (χ2v) is 2.71. The lowest BCUT2D eigenvalue weighted by Crippen LogP contribution is -2.15. The molecule has 0 heterocycles. The van der Waals surface area contributed by atoms with Gasteiger partial charge in [0.05, 0.1) is 0 Å². The number of rotatable bonds is 1. The normalized spacial score (nSPS) is 35.5. The third-order valence-electron chi connectivity index (χ3n) is 1.99.